The van der Waals surface area contributed by atoms with Crippen LogP contribution in [0.4, 0.5) is 0 Å². The highest BCUT2D eigenvalue weighted by Gasteiger charge is 2.45. The molecule has 0 radical (unpaired) electrons. The topological polar surface area (TPSA) is 6.48 Å². The van der Waals surface area contributed by atoms with Crippen molar-refractivity contribution in [3.05, 3.63) is 0 Å². The third-order valence-electron chi connectivity index (χ3n) is 3.99. The minimum atomic E-state index is 0.679. The Bertz CT molecular complexity index is 194. The van der Waals surface area contributed by atoms with Crippen LogP contribution in [0.25, 0.3) is 0 Å². The molecule has 82 valence electrons. The summed E-state index contributed by atoms with van der Waals surface area (Å²) in [5.74, 6) is 0. The molecule has 0 aromatic carbocycles. The predicted octanol–water partition coefficient (Wildman–Crippen LogP) is 1.81. The summed E-state index contributed by atoms with van der Waals surface area (Å²) in [5.41, 5.74) is 0.679. The molecule has 0 amide bonds. The Hall–Kier alpha value is -0.0800. The fraction of sp³-hybridized carbons (Fsp3) is 1.00. The predicted molar refractivity (Wildman–Crippen MR) is 60.5 cm³/mol. The van der Waals surface area contributed by atoms with E-state index in [0.29, 0.717) is 5.41 Å². The Balaban J connectivity index is 1.87. The highest BCUT2D eigenvalue weighted by molar-refractivity contribution is 4.99. The first-order chi connectivity index (χ1) is 6.65. The number of hydrogen-bond donors (Lipinski definition) is 0. The van der Waals surface area contributed by atoms with E-state index in [2.05, 4.69) is 30.6 Å². The third-order valence-corrected chi connectivity index (χ3v) is 3.99. The average molecular weight is 196 g/mol. The zero-order chi connectivity index (χ0) is 10.2. The Morgan fingerprint density at radius 1 is 1.21 bits per heavy atom. The van der Waals surface area contributed by atoms with Gasteiger partial charge in [0.2, 0.25) is 0 Å². The van der Waals surface area contributed by atoms with E-state index >= 15 is 0 Å². The smallest absolute Gasteiger partial charge is 0.00855 e. The zero-order valence-corrected chi connectivity index (χ0v) is 9.92. The molecule has 2 heteroatoms. The number of nitrogens with zero attached hydrogens (tertiary/aromatic N) is 2. The maximum atomic E-state index is 2.63. The number of hydrogen-bond acceptors (Lipinski definition) is 2. The van der Waals surface area contributed by atoms with Crippen LogP contribution in [0.15, 0.2) is 0 Å². The summed E-state index contributed by atoms with van der Waals surface area (Å²) in [6.45, 7) is 13.5. The molecule has 2 aliphatic heterocycles. The van der Waals surface area contributed by atoms with E-state index in [-0.39, 0.29) is 0 Å². The van der Waals surface area contributed by atoms with Crippen molar-refractivity contribution in [2.24, 2.45) is 5.41 Å². The van der Waals surface area contributed by atoms with Crippen LogP contribution in [0.1, 0.15) is 33.6 Å². The van der Waals surface area contributed by atoms with Crippen LogP contribution >= 0.6 is 0 Å². The summed E-state index contributed by atoms with van der Waals surface area (Å²) >= 11 is 0. The van der Waals surface area contributed by atoms with E-state index in [1.807, 2.05) is 0 Å². The molecular weight excluding hydrogens is 172 g/mol. The Morgan fingerprint density at radius 2 is 1.93 bits per heavy atom. The quantitative estimate of drug-likeness (QED) is 0.664. The molecule has 2 aliphatic rings. The molecule has 0 atom stereocenters. The van der Waals surface area contributed by atoms with Gasteiger partial charge in [0, 0.05) is 31.1 Å². The highest BCUT2D eigenvalue weighted by Crippen LogP contribution is 2.39. The van der Waals surface area contributed by atoms with Crippen molar-refractivity contribution in [2.75, 3.05) is 32.7 Å². The van der Waals surface area contributed by atoms with Crippen molar-refractivity contribution in [1.29, 1.82) is 0 Å². The molecule has 0 N–H and O–H groups in total. The lowest BCUT2D eigenvalue weighted by Gasteiger charge is -2.56. The van der Waals surface area contributed by atoms with Crippen molar-refractivity contribution < 1.29 is 0 Å². The first-order valence-electron chi connectivity index (χ1n) is 6.12. The van der Waals surface area contributed by atoms with Gasteiger partial charge in [0.25, 0.3) is 0 Å². The lowest BCUT2D eigenvalue weighted by Crippen LogP contribution is -2.64. The molecule has 2 nitrogen and oxygen atoms in total. The van der Waals surface area contributed by atoms with E-state index < -0.39 is 0 Å². The second-order valence-electron chi connectivity index (χ2n) is 5.47. The van der Waals surface area contributed by atoms with Gasteiger partial charge in [-0.05, 0) is 39.8 Å². The molecule has 2 fully saturated rings. The van der Waals surface area contributed by atoms with Crippen molar-refractivity contribution in [3.8, 4) is 0 Å². The average Bonchev–Trinajstić information content (AvgIpc) is 2.14. The standard InChI is InChI=1S/C12H24N2/c1-4-13-7-5-6-12(8-13)9-14(10-12)11(2)3/h11H,4-10H2,1-3H3. The summed E-state index contributed by atoms with van der Waals surface area (Å²) in [4.78, 5) is 5.24. The minimum absolute atomic E-state index is 0.679. The Labute approximate surface area is 88.3 Å². The van der Waals surface area contributed by atoms with Gasteiger partial charge in [-0.2, -0.15) is 0 Å². The van der Waals surface area contributed by atoms with Crippen LogP contribution in [-0.2, 0) is 0 Å². The van der Waals surface area contributed by atoms with Crippen LogP contribution in [0.3, 0.4) is 0 Å². The molecule has 0 aliphatic carbocycles. The molecule has 14 heavy (non-hydrogen) atoms. The molecule has 2 rings (SSSR count). The van der Waals surface area contributed by atoms with Crippen molar-refractivity contribution in [1.82, 2.24) is 9.80 Å². The lowest BCUT2D eigenvalue weighted by molar-refractivity contribution is -0.0679. The van der Waals surface area contributed by atoms with Gasteiger partial charge in [-0.3, -0.25) is 4.90 Å². The molecule has 0 unspecified atom stereocenters. The van der Waals surface area contributed by atoms with Crippen LogP contribution < -0.4 is 0 Å². The van der Waals surface area contributed by atoms with E-state index in [0.717, 1.165) is 6.04 Å². The van der Waals surface area contributed by atoms with Crippen LogP contribution in [0.2, 0.25) is 0 Å². The number of piperidine rings is 1. The third kappa shape index (κ3) is 1.82. The molecule has 0 saturated carbocycles. The summed E-state index contributed by atoms with van der Waals surface area (Å²) < 4.78 is 0. The Kier molecular flexibility index (Phi) is 2.85. The second kappa shape index (κ2) is 3.82. The van der Waals surface area contributed by atoms with Gasteiger partial charge in [-0.25, -0.2) is 0 Å². The fourth-order valence-corrected chi connectivity index (χ4v) is 3.02. The van der Waals surface area contributed by atoms with Crippen LogP contribution in [0, 0.1) is 5.41 Å². The maximum absolute atomic E-state index is 2.63. The van der Waals surface area contributed by atoms with Gasteiger partial charge in [-0.15, -0.1) is 0 Å². The number of likely N-dealkylation sites (tertiary alicyclic amines) is 2. The summed E-state index contributed by atoms with van der Waals surface area (Å²) in [5, 5.41) is 0. The first-order valence-corrected chi connectivity index (χ1v) is 6.12. The van der Waals surface area contributed by atoms with Gasteiger partial charge in [0.1, 0.15) is 0 Å². The van der Waals surface area contributed by atoms with E-state index in [1.54, 1.807) is 0 Å². The van der Waals surface area contributed by atoms with Gasteiger partial charge >= 0.3 is 0 Å². The van der Waals surface area contributed by atoms with Gasteiger partial charge in [0.05, 0.1) is 0 Å². The van der Waals surface area contributed by atoms with Crippen molar-refractivity contribution >= 4 is 0 Å². The van der Waals surface area contributed by atoms with Crippen LogP contribution in [-0.4, -0.2) is 48.6 Å². The van der Waals surface area contributed by atoms with Gasteiger partial charge < -0.3 is 4.90 Å². The fourth-order valence-electron chi connectivity index (χ4n) is 3.02. The molecule has 2 heterocycles. The molecule has 2 saturated heterocycles. The maximum Gasteiger partial charge on any atom is 0.00855 e. The molecule has 0 aromatic heterocycles. The molecule has 1 spiro atoms. The number of rotatable bonds is 2. The summed E-state index contributed by atoms with van der Waals surface area (Å²) in [7, 11) is 0. The minimum Gasteiger partial charge on any atom is -0.303 e. The van der Waals surface area contributed by atoms with Crippen molar-refractivity contribution in [3.63, 3.8) is 0 Å². The summed E-state index contributed by atoms with van der Waals surface area (Å²) in [6, 6.07) is 0.748. The van der Waals surface area contributed by atoms with Crippen molar-refractivity contribution in [2.45, 2.75) is 39.7 Å². The molecule has 0 aromatic rings. The molecular formula is C12H24N2. The van der Waals surface area contributed by atoms with E-state index in [1.165, 1.54) is 45.6 Å². The largest absolute Gasteiger partial charge is 0.303 e. The van der Waals surface area contributed by atoms with Gasteiger partial charge in [-0.1, -0.05) is 6.92 Å². The SMILES string of the molecule is CCN1CCCC2(C1)CN(C(C)C)C2. The van der Waals surface area contributed by atoms with Gasteiger partial charge in [0.15, 0.2) is 0 Å². The normalized spacial score (nSPS) is 28.3. The van der Waals surface area contributed by atoms with E-state index in [9.17, 15) is 0 Å². The molecule has 0 bridgehead atoms. The second-order valence-corrected chi connectivity index (χ2v) is 5.47. The summed E-state index contributed by atoms with van der Waals surface area (Å²) in [6.07, 6.45) is 2.88. The lowest BCUT2D eigenvalue weighted by atomic mass is 9.73. The van der Waals surface area contributed by atoms with E-state index in [4.69, 9.17) is 0 Å². The first kappa shape index (κ1) is 10.4. The monoisotopic (exact) mass is 196 g/mol. The Morgan fingerprint density at radius 3 is 2.50 bits per heavy atom. The zero-order valence-electron chi connectivity index (χ0n) is 9.92. The highest BCUT2D eigenvalue weighted by atomic mass is 15.3. The van der Waals surface area contributed by atoms with Crippen LogP contribution in [0.5, 0.6) is 0 Å².